The molecule has 1 aliphatic carbocycles. The van der Waals surface area contributed by atoms with E-state index in [-0.39, 0.29) is 12.2 Å². The molecule has 4 atom stereocenters. The van der Waals surface area contributed by atoms with Gasteiger partial charge in [-0.15, -0.1) is 11.3 Å². The third kappa shape index (κ3) is 2.68. The summed E-state index contributed by atoms with van der Waals surface area (Å²) in [7, 11) is 0. The molecule has 5 nitrogen and oxygen atoms in total. The summed E-state index contributed by atoms with van der Waals surface area (Å²) in [5, 5.41) is 40.0. The van der Waals surface area contributed by atoms with E-state index in [1.54, 1.807) is 6.21 Å². The Bertz CT molecular complexity index is 443. The predicted octanol–water partition coefficient (Wildman–Crippen LogP) is -0.449. The van der Waals surface area contributed by atoms with Crippen molar-refractivity contribution in [3.8, 4) is 0 Å². The van der Waals surface area contributed by atoms with Gasteiger partial charge in [-0.2, -0.15) is 0 Å². The molecule has 0 bridgehead atoms. The minimum Gasteiger partial charge on any atom is -0.392 e. The van der Waals surface area contributed by atoms with E-state index in [1.807, 2.05) is 17.5 Å². The Balaban J connectivity index is 2.18. The van der Waals surface area contributed by atoms with Gasteiger partial charge in [0, 0.05) is 11.1 Å². The van der Waals surface area contributed by atoms with Crippen molar-refractivity contribution in [2.24, 2.45) is 4.99 Å². The summed E-state index contributed by atoms with van der Waals surface area (Å²) in [5.74, 6) is 0. The molecule has 98 valence electrons. The number of rotatable bonds is 3. The van der Waals surface area contributed by atoms with Crippen LogP contribution in [0.25, 0.3) is 0 Å². The Labute approximate surface area is 108 Å². The zero-order chi connectivity index (χ0) is 13.1. The lowest BCUT2D eigenvalue weighted by atomic mass is 9.88. The maximum absolute atomic E-state index is 9.80. The van der Waals surface area contributed by atoms with Crippen molar-refractivity contribution in [1.29, 1.82) is 0 Å². The number of aliphatic hydroxyl groups is 4. The molecule has 4 unspecified atom stereocenters. The van der Waals surface area contributed by atoms with E-state index >= 15 is 0 Å². The van der Waals surface area contributed by atoms with Crippen LogP contribution in [0.4, 0.5) is 0 Å². The molecule has 1 heterocycles. The standard InChI is InChI=1S/C12H15NO4S/c14-6-7-4-9(11(16)12(17)10(7)15)13-5-8-2-1-3-18-8/h1-5,9-12,14-17H,6H2. The van der Waals surface area contributed by atoms with Gasteiger partial charge in [-0.3, -0.25) is 4.99 Å². The number of aliphatic imine (C=N–C) groups is 1. The van der Waals surface area contributed by atoms with Crippen molar-refractivity contribution in [3.63, 3.8) is 0 Å². The fraction of sp³-hybridized carbons (Fsp3) is 0.417. The van der Waals surface area contributed by atoms with Crippen molar-refractivity contribution in [2.45, 2.75) is 24.4 Å². The van der Waals surface area contributed by atoms with Gasteiger partial charge in [0.2, 0.25) is 0 Å². The van der Waals surface area contributed by atoms with E-state index in [2.05, 4.69) is 4.99 Å². The largest absolute Gasteiger partial charge is 0.392 e. The Hall–Kier alpha value is -1.05. The number of aliphatic hydroxyl groups excluding tert-OH is 4. The Morgan fingerprint density at radius 3 is 2.67 bits per heavy atom. The van der Waals surface area contributed by atoms with E-state index in [4.69, 9.17) is 5.11 Å². The second-order valence-electron chi connectivity index (χ2n) is 4.11. The molecule has 1 aromatic rings. The lowest BCUT2D eigenvalue weighted by Gasteiger charge is -2.32. The first-order chi connectivity index (χ1) is 8.63. The van der Waals surface area contributed by atoms with E-state index < -0.39 is 24.4 Å². The number of thiophene rings is 1. The summed E-state index contributed by atoms with van der Waals surface area (Å²) in [4.78, 5) is 5.10. The molecule has 4 N–H and O–H groups in total. The quantitative estimate of drug-likeness (QED) is 0.442. The lowest BCUT2D eigenvalue weighted by molar-refractivity contribution is -0.0592. The van der Waals surface area contributed by atoms with Crippen LogP contribution in [0.2, 0.25) is 0 Å². The highest BCUT2D eigenvalue weighted by Crippen LogP contribution is 2.22. The van der Waals surface area contributed by atoms with Gasteiger partial charge >= 0.3 is 0 Å². The average molecular weight is 269 g/mol. The number of hydrogen-bond donors (Lipinski definition) is 4. The van der Waals surface area contributed by atoms with Crippen LogP contribution in [-0.4, -0.2) is 57.6 Å². The Morgan fingerprint density at radius 1 is 1.28 bits per heavy atom. The van der Waals surface area contributed by atoms with E-state index in [0.717, 1.165) is 4.88 Å². The summed E-state index contributed by atoms with van der Waals surface area (Å²) in [5.41, 5.74) is 0.279. The molecular weight excluding hydrogens is 254 g/mol. The maximum atomic E-state index is 9.80. The fourth-order valence-corrected chi connectivity index (χ4v) is 2.42. The molecule has 0 aromatic carbocycles. The molecule has 1 aromatic heterocycles. The summed E-state index contributed by atoms with van der Waals surface area (Å²) in [6.07, 6.45) is -0.645. The smallest absolute Gasteiger partial charge is 0.112 e. The van der Waals surface area contributed by atoms with Gasteiger partial charge < -0.3 is 20.4 Å². The molecule has 0 saturated heterocycles. The van der Waals surface area contributed by atoms with Crippen LogP contribution < -0.4 is 0 Å². The van der Waals surface area contributed by atoms with Gasteiger partial charge in [0.05, 0.1) is 12.6 Å². The lowest BCUT2D eigenvalue weighted by Crippen LogP contribution is -2.48. The molecule has 6 heteroatoms. The minimum absolute atomic E-state index is 0.279. The monoisotopic (exact) mass is 269 g/mol. The van der Waals surface area contributed by atoms with Gasteiger partial charge in [-0.05, 0) is 17.0 Å². The molecular formula is C12H15NO4S. The number of nitrogens with zero attached hydrogens (tertiary/aromatic N) is 1. The predicted molar refractivity (Wildman–Crippen MR) is 68.9 cm³/mol. The first kappa shape index (κ1) is 13.4. The van der Waals surface area contributed by atoms with Crippen LogP contribution in [0.5, 0.6) is 0 Å². The zero-order valence-electron chi connectivity index (χ0n) is 9.55. The molecule has 0 spiro atoms. The first-order valence-corrected chi connectivity index (χ1v) is 6.43. The van der Waals surface area contributed by atoms with Gasteiger partial charge in [0.25, 0.3) is 0 Å². The number of hydrogen-bond acceptors (Lipinski definition) is 6. The van der Waals surface area contributed by atoms with Gasteiger partial charge in [-0.1, -0.05) is 12.1 Å². The van der Waals surface area contributed by atoms with Crippen LogP contribution in [-0.2, 0) is 0 Å². The van der Waals surface area contributed by atoms with E-state index in [1.165, 1.54) is 17.4 Å². The molecule has 0 aliphatic heterocycles. The van der Waals surface area contributed by atoms with Gasteiger partial charge in [0.15, 0.2) is 0 Å². The topological polar surface area (TPSA) is 93.3 Å². The van der Waals surface area contributed by atoms with Gasteiger partial charge in [0.1, 0.15) is 18.3 Å². The second-order valence-corrected chi connectivity index (χ2v) is 5.09. The highest BCUT2D eigenvalue weighted by molar-refractivity contribution is 7.11. The third-order valence-corrected chi connectivity index (χ3v) is 3.69. The summed E-state index contributed by atoms with van der Waals surface area (Å²) < 4.78 is 0. The van der Waals surface area contributed by atoms with Crippen molar-refractivity contribution < 1.29 is 20.4 Å². The van der Waals surface area contributed by atoms with Crippen LogP contribution in [0.3, 0.4) is 0 Å². The Kier molecular flexibility index (Phi) is 4.26. The van der Waals surface area contributed by atoms with E-state index in [0.29, 0.717) is 0 Å². The van der Waals surface area contributed by atoms with Crippen molar-refractivity contribution in [3.05, 3.63) is 34.0 Å². The third-order valence-electron chi connectivity index (χ3n) is 2.89. The zero-order valence-corrected chi connectivity index (χ0v) is 10.4. The summed E-state index contributed by atoms with van der Waals surface area (Å²) >= 11 is 1.51. The molecule has 0 amide bonds. The fourth-order valence-electron chi connectivity index (χ4n) is 1.83. The second kappa shape index (κ2) is 5.73. The highest BCUT2D eigenvalue weighted by atomic mass is 32.1. The SMILES string of the molecule is OCC1=CC(N=Cc2cccs2)C(O)C(O)C1O. The van der Waals surface area contributed by atoms with Crippen LogP contribution >= 0.6 is 11.3 Å². The van der Waals surface area contributed by atoms with Crippen molar-refractivity contribution in [1.82, 2.24) is 0 Å². The first-order valence-electron chi connectivity index (χ1n) is 5.56. The summed E-state index contributed by atoms with van der Waals surface area (Å²) in [6, 6.07) is 3.11. The Morgan fingerprint density at radius 2 is 2.06 bits per heavy atom. The molecule has 1 aliphatic rings. The maximum Gasteiger partial charge on any atom is 0.112 e. The normalized spacial score (nSPS) is 32.8. The van der Waals surface area contributed by atoms with Crippen molar-refractivity contribution >= 4 is 17.6 Å². The molecule has 2 rings (SSSR count). The summed E-state index contributed by atoms with van der Waals surface area (Å²) in [6.45, 7) is -0.365. The van der Waals surface area contributed by atoms with Crippen LogP contribution in [0.1, 0.15) is 4.88 Å². The molecule has 0 saturated carbocycles. The molecule has 18 heavy (non-hydrogen) atoms. The van der Waals surface area contributed by atoms with Crippen molar-refractivity contribution in [2.75, 3.05) is 6.61 Å². The molecule has 0 radical (unpaired) electrons. The average Bonchev–Trinajstić information content (AvgIpc) is 2.88. The van der Waals surface area contributed by atoms with Crippen LogP contribution in [0, 0.1) is 0 Å². The van der Waals surface area contributed by atoms with Gasteiger partial charge in [-0.25, -0.2) is 0 Å². The van der Waals surface area contributed by atoms with Crippen LogP contribution in [0.15, 0.2) is 34.2 Å². The minimum atomic E-state index is -1.33. The van der Waals surface area contributed by atoms with E-state index in [9.17, 15) is 15.3 Å². The molecule has 0 fully saturated rings. The highest BCUT2D eigenvalue weighted by Gasteiger charge is 2.36.